The van der Waals surface area contributed by atoms with Crippen LogP contribution in [0.2, 0.25) is 0 Å². The Morgan fingerprint density at radius 1 is 1.12 bits per heavy atom. The van der Waals surface area contributed by atoms with Gasteiger partial charge in [-0.25, -0.2) is 8.42 Å². The summed E-state index contributed by atoms with van der Waals surface area (Å²) in [6.45, 7) is 0.459. The molecule has 2 atom stereocenters. The molecule has 3 fully saturated rings. The second kappa shape index (κ2) is 9.13. The van der Waals surface area contributed by atoms with Crippen molar-refractivity contribution >= 4 is 21.7 Å². The highest BCUT2D eigenvalue weighted by Crippen LogP contribution is 2.59. The lowest BCUT2D eigenvalue weighted by Crippen LogP contribution is -2.53. The topological polar surface area (TPSA) is 151 Å². The van der Waals surface area contributed by atoms with Gasteiger partial charge in [0.25, 0.3) is 0 Å². The van der Waals surface area contributed by atoms with Gasteiger partial charge < -0.3 is 10.2 Å². The smallest absolute Gasteiger partial charge is 0.336 e. The fraction of sp³-hybridized carbons (Fsp3) is 0.565. The fourth-order valence-corrected chi connectivity index (χ4v) is 6.88. The number of sulfone groups is 1. The van der Waals surface area contributed by atoms with Crippen LogP contribution in [0.15, 0.2) is 23.1 Å². The van der Waals surface area contributed by atoms with Crippen molar-refractivity contribution < 1.29 is 44.3 Å². The normalized spacial score (nSPS) is 23.1. The predicted molar refractivity (Wildman–Crippen MR) is 123 cm³/mol. The summed E-state index contributed by atoms with van der Waals surface area (Å²) in [4.78, 5) is 25.5. The maximum absolute atomic E-state index is 14.1. The largest absolute Gasteiger partial charge is 0.417 e. The Bertz CT molecular complexity index is 1570. The van der Waals surface area contributed by atoms with E-state index in [9.17, 15) is 49.6 Å². The average Bonchev–Trinajstić information content (AvgIpc) is 3.77. The lowest BCUT2D eigenvalue weighted by molar-refractivity contribution is -0.199. The fourth-order valence-electron chi connectivity index (χ4n) is 4.99. The molecule has 0 bridgehead atoms. The summed E-state index contributed by atoms with van der Waals surface area (Å²) < 4.78 is 112. The highest BCUT2D eigenvalue weighted by atomic mass is 32.2. The molecule has 1 aromatic carbocycles. The molecule has 1 saturated heterocycles. The van der Waals surface area contributed by atoms with Crippen molar-refractivity contribution in [2.45, 2.75) is 73.1 Å². The lowest BCUT2D eigenvalue weighted by atomic mass is 10.0. The van der Waals surface area contributed by atoms with Gasteiger partial charge in [0.15, 0.2) is 15.7 Å². The Balaban J connectivity index is 1.53. The number of hydrogen-bond acceptors (Lipinski definition) is 8. The molecule has 1 aromatic heterocycles. The molecule has 2 aromatic rings. The van der Waals surface area contributed by atoms with Crippen LogP contribution in [0, 0.1) is 23.7 Å². The van der Waals surface area contributed by atoms with Gasteiger partial charge in [0.2, 0.25) is 11.8 Å². The minimum Gasteiger partial charge on any atom is -0.336 e. The van der Waals surface area contributed by atoms with Crippen LogP contribution in [-0.2, 0) is 25.6 Å². The SMILES string of the molecule is Cc1nnnn1-c1ccc(S(=O)(=O)[C@@H]2C[C@@H](C(=O)NC3(C#N)CC3)N(C(=O)C3(C(F)(F)F)CC3)C2)c(C(F)(F)F)c1. The van der Waals surface area contributed by atoms with Crippen LogP contribution in [0.1, 0.15) is 43.5 Å². The Hall–Kier alpha value is -3.75. The number of nitrogens with one attached hydrogen (secondary N) is 1. The van der Waals surface area contributed by atoms with Crippen molar-refractivity contribution in [1.82, 2.24) is 30.4 Å². The number of aryl methyl sites for hydroxylation is 1. The van der Waals surface area contributed by atoms with Gasteiger partial charge in [0, 0.05) is 6.54 Å². The number of alkyl halides is 6. The van der Waals surface area contributed by atoms with E-state index >= 15 is 0 Å². The van der Waals surface area contributed by atoms with E-state index in [0.29, 0.717) is 17.0 Å². The van der Waals surface area contributed by atoms with Gasteiger partial charge in [-0.1, -0.05) is 0 Å². The first-order valence-electron chi connectivity index (χ1n) is 12.3. The highest BCUT2D eigenvalue weighted by Gasteiger charge is 2.70. The van der Waals surface area contributed by atoms with Crippen LogP contribution >= 0.6 is 0 Å². The maximum Gasteiger partial charge on any atom is 0.417 e. The molecule has 2 amide bonds. The highest BCUT2D eigenvalue weighted by molar-refractivity contribution is 7.92. The standard InChI is InChI=1S/C23H21F6N7O4S/c1-12-32-33-34-36(12)13-2-3-17(15(8-13)22(24,25)26)41(39,40)14-9-16(18(37)31-20(11-30)4-5-20)35(10-14)19(38)21(6-7-21)23(27,28)29/h2-3,8,14,16H,4-7,9-10H2,1H3,(H,31,37)/t14-,16+/m1/s1. The second-order valence-corrected chi connectivity index (χ2v) is 12.7. The summed E-state index contributed by atoms with van der Waals surface area (Å²) in [6, 6.07) is 2.34. The number of carbonyl (C=O) groups is 2. The monoisotopic (exact) mass is 605 g/mol. The number of rotatable bonds is 6. The first kappa shape index (κ1) is 28.8. The lowest BCUT2D eigenvalue weighted by Gasteiger charge is -2.29. The minimum atomic E-state index is -5.19. The maximum atomic E-state index is 14.1. The molecular formula is C23H21F6N7O4S. The summed E-state index contributed by atoms with van der Waals surface area (Å²) >= 11 is 0. The molecule has 18 heteroatoms. The van der Waals surface area contributed by atoms with Crippen molar-refractivity contribution in [1.29, 1.82) is 5.26 Å². The first-order chi connectivity index (χ1) is 19.0. The summed E-state index contributed by atoms with van der Waals surface area (Å²) in [6.07, 6.45) is -11.6. The molecule has 11 nitrogen and oxygen atoms in total. The van der Waals surface area contributed by atoms with E-state index in [-0.39, 0.29) is 24.4 Å². The number of aromatic nitrogens is 4. The van der Waals surface area contributed by atoms with Gasteiger partial charge in [0.05, 0.1) is 27.5 Å². The van der Waals surface area contributed by atoms with Gasteiger partial charge in [-0.3, -0.25) is 9.59 Å². The molecule has 0 radical (unpaired) electrons. The van der Waals surface area contributed by atoms with Crippen LogP contribution in [0.5, 0.6) is 0 Å². The van der Waals surface area contributed by atoms with Crippen molar-refractivity contribution in [3.05, 3.63) is 29.6 Å². The van der Waals surface area contributed by atoms with E-state index in [2.05, 4.69) is 20.8 Å². The van der Waals surface area contributed by atoms with Crippen molar-refractivity contribution in [2.24, 2.45) is 5.41 Å². The number of likely N-dealkylation sites (tertiary alicyclic amines) is 1. The molecular weight excluding hydrogens is 584 g/mol. The van der Waals surface area contributed by atoms with Crippen molar-refractivity contribution in [3.63, 3.8) is 0 Å². The van der Waals surface area contributed by atoms with E-state index in [1.54, 1.807) is 0 Å². The number of amides is 2. The number of nitrogens with zero attached hydrogens (tertiary/aromatic N) is 6. The van der Waals surface area contributed by atoms with Gasteiger partial charge in [-0.2, -0.15) is 36.3 Å². The molecule has 2 heterocycles. The Labute approximate surface area is 228 Å². The summed E-state index contributed by atoms with van der Waals surface area (Å²) in [5.74, 6) is -2.46. The van der Waals surface area contributed by atoms with Crippen LogP contribution in [-0.4, -0.2) is 74.9 Å². The zero-order valence-corrected chi connectivity index (χ0v) is 21.9. The molecule has 5 rings (SSSR count). The molecule has 41 heavy (non-hydrogen) atoms. The van der Waals surface area contributed by atoms with E-state index in [1.807, 2.05) is 6.07 Å². The number of tetrazole rings is 1. The predicted octanol–water partition coefficient (Wildman–Crippen LogP) is 2.25. The Morgan fingerprint density at radius 3 is 2.27 bits per heavy atom. The van der Waals surface area contributed by atoms with Crippen LogP contribution in [0.3, 0.4) is 0 Å². The van der Waals surface area contributed by atoms with E-state index in [4.69, 9.17) is 0 Å². The third-order valence-corrected chi connectivity index (χ3v) is 9.93. The first-order valence-corrected chi connectivity index (χ1v) is 13.8. The number of benzene rings is 1. The van der Waals surface area contributed by atoms with Gasteiger partial charge in [-0.15, -0.1) is 5.10 Å². The van der Waals surface area contributed by atoms with E-state index in [1.165, 1.54) is 6.92 Å². The number of halogens is 6. The molecule has 0 unspecified atom stereocenters. The van der Waals surface area contributed by atoms with E-state index in [0.717, 1.165) is 10.7 Å². The molecule has 1 N–H and O–H groups in total. The molecule has 2 aliphatic carbocycles. The van der Waals surface area contributed by atoms with Gasteiger partial charge >= 0.3 is 12.4 Å². The molecule has 0 spiro atoms. The van der Waals surface area contributed by atoms with E-state index < -0.39 is 92.5 Å². The molecule has 3 aliphatic rings. The third-order valence-electron chi connectivity index (χ3n) is 7.74. The Kier molecular flexibility index (Phi) is 6.40. The van der Waals surface area contributed by atoms with Crippen LogP contribution in [0.25, 0.3) is 5.69 Å². The Morgan fingerprint density at radius 2 is 1.78 bits per heavy atom. The van der Waals surface area contributed by atoms with Crippen molar-refractivity contribution in [2.75, 3.05) is 6.54 Å². The van der Waals surface area contributed by atoms with Gasteiger partial charge in [-0.05, 0) is 67.7 Å². The second-order valence-electron chi connectivity index (χ2n) is 10.5. The van der Waals surface area contributed by atoms with Crippen molar-refractivity contribution in [3.8, 4) is 11.8 Å². The quantitative estimate of drug-likeness (QED) is 0.493. The number of hydrogen-bond donors (Lipinski definition) is 1. The number of nitriles is 1. The average molecular weight is 606 g/mol. The third kappa shape index (κ3) is 4.79. The molecule has 220 valence electrons. The summed E-state index contributed by atoms with van der Waals surface area (Å²) in [5.41, 5.74) is -5.88. The van der Waals surface area contributed by atoms with Crippen LogP contribution < -0.4 is 5.32 Å². The number of carbonyl (C=O) groups excluding carboxylic acids is 2. The molecule has 2 saturated carbocycles. The summed E-state index contributed by atoms with van der Waals surface area (Å²) in [7, 11) is -4.98. The zero-order valence-electron chi connectivity index (χ0n) is 21.1. The zero-order chi connectivity index (χ0) is 30.2. The van der Waals surface area contributed by atoms with Gasteiger partial charge in [0.1, 0.15) is 17.0 Å². The summed E-state index contributed by atoms with van der Waals surface area (Å²) in [5, 5.41) is 20.3. The molecule has 1 aliphatic heterocycles. The van der Waals surface area contributed by atoms with Crippen LogP contribution in [0.4, 0.5) is 26.3 Å². The minimum absolute atomic E-state index is 0.108.